The van der Waals surface area contributed by atoms with Crippen molar-refractivity contribution in [1.29, 1.82) is 0 Å². The first-order valence-electron chi connectivity index (χ1n) is 20.4. The molecule has 0 radical (unpaired) electrons. The zero-order valence-corrected chi connectivity index (χ0v) is 32.7. The van der Waals surface area contributed by atoms with Crippen molar-refractivity contribution >= 4 is 49.7 Å². The predicted octanol–water partition coefficient (Wildman–Crippen LogP) is 15.9. The fraction of sp³-hybridized carbons (Fsp3) is 0. The number of para-hydroxylation sites is 2. The zero-order valence-electron chi connectivity index (χ0n) is 32.7. The van der Waals surface area contributed by atoms with Crippen LogP contribution in [-0.4, -0.2) is 4.98 Å². The number of hydrogen-bond acceptors (Lipinski definition) is 3. The smallest absolute Gasteiger partial charge is 0.227 e. The SMILES string of the molecule is c1ccc(-c2ccc(-c3nc4c(ccc5cccc(-c6ccccc6N(c6ccccc6-c6ccccc6)c6ccc7ccccc7c6-c6ccccc6)c54)o3)cc2)cc1. The second kappa shape index (κ2) is 15.1. The van der Waals surface area contributed by atoms with E-state index in [4.69, 9.17) is 9.40 Å². The maximum absolute atomic E-state index is 6.56. The van der Waals surface area contributed by atoms with Gasteiger partial charge in [-0.2, -0.15) is 0 Å². The number of oxazole rings is 1. The molecule has 1 aromatic heterocycles. The third-order valence-electron chi connectivity index (χ3n) is 11.5. The minimum Gasteiger partial charge on any atom is -0.436 e. The second-order valence-electron chi connectivity index (χ2n) is 15.1. The zero-order chi connectivity index (χ0) is 39.8. The first kappa shape index (κ1) is 35.2. The van der Waals surface area contributed by atoms with E-state index < -0.39 is 0 Å². The van der Waals surface area contributed by atoms with Crippen molar-refractivity contribution < 1.29 is 4.42 Å². The molecule has 11 aromatic rings. The molecular formula is C57H38N2O. The molecule has 0 unspecified atom stereocenters. The highest BCUT2D eigenvalue weighted by Gasteiger charge is 2.25. The van der Waals surface area contributed by atoms with Crippen molar-refractivity contribution in [3.63, 3.8) is 0 Å². The summed E-state index contributed by atoms with van der Waals surface area (Å²) in [6.45, 7) is 0. The highest BCUT2D eigenvalue weighted by molar-refractivity contribution is 6.14. The van der Waals surface area contributed by atoms with E-state index in [2.05, 4.69) is 223 Å². The van der Waals surface area contributed by atoms with Crippen molar-refractivity contribution in [2.24, 2.45) is 0 Å². The van der Waals surface area contributed by atoms with Crippen molar-refractivity contribution in [3.8, 4) is 56.0 Å². The number of nitrogens with zero attached hydrogens (tertiary/aromatic N) is 2. The fourth-order valence-corrected chi connectivity index (χ4v) is 8.72. The van der Waals surface area contributed by atoms with Gasteiger partial charge in [-0.1, -0.05) is 194 Å². The van der Waals surface area contributed by atoms with Crippen LogP contribution in [0.1, 0.15) is 0 Å². The topological polar surface area (TPSA) is 29.3 Å². The summed E-state index contributed by atoms with van der Waals surface area (Å²) in [6, 6.07) is 81.9. The minimum atomic E-state index is 0.599. The van der Waals surface area contributed by atoms with Crippen LogP contribution in [0.15, 0.2) is 235 Å². The van der Waals surface area contributed by atoms with Crippen LogP contribution < -0.4 is 4.90 Å². The largest absolute Gasteiger partial charge is 0.436 e. The lowest BCUT2D eigenvalue weighted by atomic mass is 9.92. The highest BCUT2D eigenvalue weighted by atomic mass is 16.3. The predicted molar refractivity (Wildman–Crippen MR) is 251 cm³/mol. The van der Waals surface area contributed by atoms with Crippen LogP contribution in [0.4, 0.5) is 17.1 Å². The van der Waals surface area contributed by atoms with Gasteiger partial charge in [-0.05, 0) is 80.4 Å². The molecule has 0 N–H and O–H groups in total. The van der Waals surface area contributed by atoms with E-state index in [9.17, 15) is 0 Å². The Morgan fingerprint density at radius 3 is 1.62 bits per heavy atom. The minimum absolute atomic E-state index is 0.599. The van der Waals surface area contributed by atoms with Crippen LogP contribution in [0.2, 0.25) is 0 Å². The standard InChI is InChI=1S/C57H38N2O/c1-4-17-39(18-5-1)40-31-33-45(34-32-40)57-58-56-53(60-57)38-36-44-24-16-28-49(55(44)56)48-27-13-15-30-51(48)59(50-29-14-12-25-46(50)41-19-6-2-7-20-41)52-37-35-42-21-10-11-26-47(42)54(52)43-22-8-3-9-23-43/h1-38H. The van der Waals surface area contributed by atoms with Crippen LogP contribution in [0.25, 0.3) is 88.6 Å². The maximum atomic E-state index is 6.56. The number of benzene rings is 10. The van der Waals surface area contributed by atoms with Gasteiger partial charge in [0.1, 0.15) is 5.52 Å². The van der Waals surface area contributed by atoms with E-state index in [-0.39, 0.29) is 0 Å². The first-order valence-corrected chi connectivity index (χ1v) is 20.4. The van der Waals surface area contributed by atoms with Crippen molar-refractivity contribution in [3.05, 3.63) is 231 Å². The summed E-state index contributed by atoms with van der Waals surface area (Å²) >= 11 is 0. The Hall–Kier alpha value is -8.01. The van der Waals surface area contributed by atoms with Crippen molar-refractivity contribution in [2.75, 3.05) is 4.90 Å². The fourth-order valence-electron chi connectivity index (χ4n) is 8.72. The Bertz CT molecular complexity index is 3300. The third kappa shape index (κ3) is 6.21. The Morgan fingerprint density at radius 1 is 0.333 bits per heavy atom. The Balaban J connectivity index is 1.15. The van der Waals surface area contributed by atoms with E-state index in [1.165, 1.54) is 21.9 Å². The molecule has 1 heterocycles. The average Bonchev–Trinajstić information content (AvgIpc) is 3.78. The van der Waals surface area contributed by atoms with Gasteiger partial charge in [0.05, 0.1) is 17.1 Å². The van der Waals surface area contributed by atoms with Gasteiger partial charge in [-0.25, -0.2) is 4.98 Å². The third-order valence-corrected chi connectivity index (χ3v) is 11.5. The van der Waals surface area contributed by atoms with Crippen LogP contribution in [-0.2, 0) is 0 Å². The molecule has 0 aliphatic rings. The monoisotopic (exact) mass is 766 g/mol. The molecule has 10 aromatic carbocycles. The molecule has 0 amide bonds. The molecule has 0 aliphatic carbocycles. The quantitative estimate of drug-likeness (QED) is 0.154. The maximum Gasteiger partial charge on any atom is 0.227 e. The summed E-state index contributed by atoms with van der Waals surface area (Å²) in [6.07, 6.45) is 0. The van der Waals surface area contributed by atoms with E-state index >= 15 is 0 Å². The molecule has 0 saturated heterocycles. The lowest BCUT2D eigenvalue weighted by Gasteiger charge is -2.32. The highest BCUT2D eigenvalue weighted by Crippen LogP contribution is 2.50. The van der Waals surface area contributed by atoms with Gasteiger partial charge in [0.2, 0.25) is 5.89 Å². The number of fused-ring (bicyclic) bond motifs is 4. The molecular weight excluding hydrogens is 729 g/mol. The van der Waals surface area contributed by atoms with E-state index in [0.717, 1.165) is 77.9 Å². The van der Waals surface area contributed by atoms with Gasteiger partial charge in [0, 0.05) is 27.6 Å². The number of anilines is 3. The molecule has 0 saturated carbocycles. The molecule has 0 bridgehead atoms. The number of hydrogen-bond donors (Lipinski definition) is 0. The second-order valence-corrected chi connectivity index (χ2v) is 15.1. The van der Waals surface area contributed by atoms with Crippen LogP contribution in [0, 0.1) is 0 Å². The van der Waals surface area contributed by atoms with Gasteiger partial charge in [0.25, 0.3) is 0 Å². The van der Waals surface area contributed by atoms with Crippen molar-refractivity contribution in [1.82, 2.24) is 4.98 Å². The molecule has 0 fully saturated rings. The van der Waals surface area contributed by atoms with Gasteiger partial charge < -0.3 is 9.32 Å². The molecule has 282 valence electrons. The van der Waals surface area contributed by atoms with E-state index in [0.29, 0.717) is 5.89 Å². The lowest BCUT2D eigenvalue weighted by molar-refractivity contribution is 0.620. The molecule has 0 aliphatic heterocycles. The molecule has 11 rings (SSSR count). The van der Waals surface area contributed by atoms with E-state index in [1.54, 1.807) is 0 Å². The van der Waals surface area contributed by atoms with Gasteiger partial charge in [-0.3, -0.25) is 0 Å². The molecule has 3 nitrogen and oxygen atoms in total. The van der Waals surface area contributed by atoms with Gasteiger partial charge >= 0.3 is 0 Å². The number of rotatable bonds is 8. The van der Waals surface area contributed by atoms with Crippen molar-refractivity contribution in [2.45, 2.75) is 0 Å². The normalized spacial score (nSPS) is 11.3. The Labute approximate surface area is 349 Å². The Morgan fingerprint density at radius 2 is 0.867 bits per heavy atom. The van der Waals surface area contributed by atoms with Crippen LogP contribution in [0.5, 0.6) is 0 Å². The van der Waals surface area contributed by atoms with Crippen LogP contribution >= 0.6 is 0 Å². The molecule has 60 heavy (non-hydrogen) atoms. The van der Waals surface area contributed by atoms with Gasteiger partial charge in [0.15, 0.2) is 5.58 Å². The first-order chi connectivity index (χ1) is 29.8. The Kier molecular flexibility index (Phi) is 8.83. The molecule has 0 spiro atoms. The average molecular weight is 767 g/mol. The van der Waals surface area contributed by atoms with Crippen LogP contribution in [0.3, 0.4) is 0 Å². The summed E-state index contributed by atoms with van der Waals surface area (Å²) in [5.41, 5.74) is 14.9. The summed E-state index contributed by atoms with van der Waals surface area (Å²) in [4.78, 5) is 7.72. The summed E-state index contributed by atoms with van der Waals surface area (Å²) in [5, 5.41) is 4.54. The van der Waals surface area contributed by atoms with Gasteiger partial charge in [-0.15, -0.1) is 0 Å². The lowest BCUT2D eigenvalue weighted by Crippen LogP contribution is -2.14. The summed E-state index contributed by atoms with van der Waals surface area (Å²) in [7, 11) is 0. The summed E-state index contributed by atoms with van der Waals surface area (Å²) in [5.74, 6) is 0.599. The number of aromatic nitrogens is 1. The molecule has 3 heteroatoms. The van der Waals surface area contributed by atoms with E-state index in [1.807, 2.05) is 12.1 Å². The molecule has 0 atom stereocenters. The summed E-state index contributed by atoms with van der Waals surface area (Å²) < 4.78 is 6.56.